The number of hydrogen-bond donors (Lipinski definition) is 1. The lowest BCUT2D eigenvalue weighted by Crippen LogP contribution is -2.67. The van der Waals surface area contributed by atoms with Crippen LogP contribution in [0.4, 0.5) is 0 Å². The predicted octanol–water partition coefficient (Wildman–Crippen LogP) is 2.87. The zero-order valence-electron chi connectivity index (χ0n) is 13.0. The van der Waals surface area contributed by atoms with Crippen LogP contribution in [0.1, 0.15) is 43.2 Å². The lowest BCUT2D eigenvalue weighted by molar-refractivity contribution is -0.130. The fourth-order valence-corrected chi connectivity index (χ4v) is 5.15. The van der Waals surface area contributed by atoms with Crippen molar-refractivity contribution in [2.24, 2.45) is 11.3 Å². The molecule has 0 unspecified atom stereocenters. The van der Waals surface area contributed by atoms with E-state index in [-0.39, 0.29) is 0 Å². The summed E-state index contributed by atoms with van der Waals surface area (Å²) >= 11 is 0. The van der Waals surface area contributed by atoms with Gasteiger partial charge < -0.3 is 10.1 Å². The van der Waals surface area contributed by atoms with E-state index in [4.69, 9.17) is 4.74 Å². The zero-order valence-corrected chi connectivity index (χ0v) is 13.0. The van der Waals surface area contributed by atoms with E-state index in [0.29, 0.717) is 17.6 Å². The Morgan fingerprint density at radius 1 is 1.38 bits per heavy atom. The Hall–Kier alpha value is -0.930. The van der Waals surface area contributed by atoms with Crippen LogP contribution < -0.4 is 5.32 Å². The molecule has 3 heteroatoms. The molecule has 3 aliphatic rings. The first-order chi connectivity index (χ1) is 10.3. The van der Waals surface area contributed by atoms with E-state index in [1.807, 2.05) is 12.4 Å². The van der Waals surface area contributed by atoms with Crippen molar-refractivity contribution in [3.63, 3.8) is 0 Å². The Bertz CT molecular complexity index is 510. The molecule has 1 N–H and O–H groups in total. The lowest BCUT2D eigenvalue weighted by Gasteiger charge is -2.57. The van der Waals surface area contributed by atoms with Crippen molar-refractivity contribution in [1.82, 2.24) is 10.3 Å². The third-order valence-corrected chi connectivity index (χ3v) is 6.18. The molecule has 1 aromatic heterocycles. The van der Waals surface area contributed by atoms with E-state index in [0.717, 1.165) is 25.5 Å². The SMILES string of the molecule is Cc1cnccc1CCN[C@@H]1[C@@H]2CCO[C@@H]2C12CCCC2. The molecule has 1 aromatic rings. The van der Waals surface area contributed by atoms with Crippen molar-refractivity contribution in [3.05, 3.63) is 29.6 Å². The van der Waals surface area contributed by atoms with Gasteiger partial charge in [-0.25, -0.2) is 0 Å². The predicted molar refractivity (Wildman–Crippen MR) is 83.2 cm³/mol. The molecule has 0 amide bonds. The molecule has 0 aromatic carbocycles. The molecule has 1 aliphatic heterocycles. The Morgan fingerprint density at radius 3 is 3.05 bits per heavy atom. The van der Waals surface area contributed by atoms with E-state index < -0.39 is 0 Å². The summed E-state index contributed by atoms with van der Waals surface area (Å²) in [6.07, 6.45) is 12.4. The van der Waals surface area contributed by atoms with Crippen LogP contribution in [0.25, 0.3) is 0 Å². The van der Waals surface area contributed by atoms with Gasteiger partial charge in [0.05, 0.1) is 6.10 Å². The summed E-state index contributed by atoms with van der Waals surface area (Å²) in [5.74, 6) is 0.779. The number of nitrogens with one attached hydrogen (secondary N) is 1. The lowest BCUT2D eigenvalue weighted by atomic mass is 9.54. The van der Waals surface area contributed by atoms with Gasteiger partial charge in [0.2, 0.25) is 0 Å². The summed E-state index contributed by atoms with van der Waals surface area (Å²) in [4.78, 5) is 4.18. The molecule has 3 nitrogen and oxygen atoms in total. The summed E-state index contributed by atoms with van der Waals surface area (Å²) in [6, 6.07) is 2.86. The summed E-state index contributed by atoms with van der Waals surface area (Å²) in [6.45, 7) is 4.23. The van der Waals surface area contributed by atoms with E-state index in [1.165, 1.54) is 43.2 Å². The number of nitrogens with zero attached hydrogens (tertiary/aromatic N) is 1. The average Bonchev–Trinajstić information content (AvgIpc) is 3.13. The Kier molecular flexibility index (Phi) is 3.50. The van der Waals surface area contributed by atoms with Crippen LogP contribution in [-0.2, 0) is 11.2 Å². The number of pyridine rings is 1. The quantitative estimate of drug-likeness (QED) is 0.924. The number of ether oxygens (including phenoxy) is 1. The van der Waals surface area contributed by atoms with Crippen molar-refractivity contribution in [1.29, 1.82) is 0 Å². The summed E-state index contributed by atoms with van der Waals surface area (Å²) < 4.78 is 6.06. The highest BCUT2D eigenvalue weighted by Gasteiger charge is 2.64. The Morgan fingerprint density at radius 2 is 2.24 bits per heavy atom. The Labute approximate surface area is 127 Å². The third-order valence-electron chi connectivity index (χ3n) is 6.18. The van der Waals surface area contributed by atoms with Crippen molar-refractivity contribution < 1.29 is 4.74 Å². The largest absolute Gasteiger partial charge is 0.377 e. The highest BCUT2D eigenvalue weighted by atomic mass is 16.5. The first-order valence-electron chi connectivity index (χ1n) is 8.56. The minimum atomic E-state index is 0.481. The van der Waals surface area contributed by atoms with Crippen LogP contribution in [0.2, 0.25) is 0 Å². The van der Waals surface area contributed by atoms with Crippen LogP contribution in [0, 0.1) is 18.3 Å². The van der Waals surface area contributed by atoms with E-state index >= 15 is 0 Å². The minimum Gasteiger partial charge on any atom is -0.377 e. The van der Waals surface area contributed by atoms with Crippen LogP contribution in [-0.4, -0.2) is 30.3 Å². The second-order valence-corrected chi connectivity index (χ2v) is 7.17. The van der Waals surface area contributed by atoms with Gasteiger partial charge in [-0.15, -0.1) is 0 Å². The molecule has 1 spiro atoms. The fraction of sp³-hybridized carbons (Fsp3) is 0.722. The van der Waals surface area contributed by atoms with Gasteiger partial charge in [0.25, 0.3) is 0 Å². The molecule has 0 bridgehead atoms. The maximum atomic E-state index is 6.06. The average molecular weight is 286 g/mol. The van der Waals surface area contributed by atoms with Gasteiger partial charge in [0.1, 0.15) is 0 Å². The monoisotopic (exact) mass is 286 g/mol. The fourth-order valence-electron chi connectivity index (χ4n) is 5.15. The number of hydrogen-bond acceptors (Lipinski definition) is 3. The van der Waals surface area contributed by atoms with Crippen molar-refractivity contribution in [2.75, 3.05) is 13.2 Å². The van der Waals surface area contributed by atoms with Gasteiger partial charge >= 0.3 is 0 Å². The maximum Gasteiger partial charge on any atom is 0.0690 e. The minimum absolute atomic E-state index is 0.481. The van der Waals surface area contributed by atoms with Gasteiger partial charge in [0, 0.05) is 36.4 Å². The molecule has 2 saturated carbocycles. The smallest absolute Gasteiger partial charge is 0.0690 e. The molecule has 4 rings (SSSR count). The van der Waals surface area contributed by atoms with Crippen LogP contribution in [0.3, 0.4) is 0 Å². The summed E-state index contributed by atoms with van der Waals surface area (Å²) in [7, 11) is 0. The van der Waals surface area contributed by atoms with Gasteiger partial charge in [-0.05, 0) is 56.3 Å². The first kappa shape index (κ1) is 13.7. The number of rotatable bonds is 4. The van der Waals surface area contributed by atoms with Crippen molar-refractivity contribution in [2.45, 2.75) is 57.6 Å². The van der Waals surface area contributed by atoms with Gasteiger partial charge in [-0.3, -0.25) is 4.98 Å². The third kappa shape index (κ3) is 2.13. The molecule has 0 radical (unpaired) electrons. The maximum absolute atomic E-state index is 6.06. The molecule has 21 heavy (non-hydrogen) atoms. The van der Waals surface area contributed by atoms with Crippen LogP contribution in [0.5, 0.6) is 0 Å². The van der Waals surface area contributed by atoms with E-state index in [1.54, 1.807) is 0 Å². The van der Waals surface area contributed by atoms with Gasteiger partial charge in [0.15, 0.2) is 0 Å². The Balaban J connectivity index is 1.39. The first-order valence-corrected chi connectivity index (χ1v) is 8.56. The van der Waals surface area contributed by atoms with Gasteiger partial charge in [-0.2, -0.15) is 0 Å². The number of fused-ring (bicyclic) bond motifs is 2. The molecule has 1 saturated heterocycles. The number of aromatic nitrogens is 1. The van der Waals surface area contributed by atoms with Crippen LogP contribution >= 0.6 is 0 Å². The van der Waals surface area contributed by atoms with Crippen molar-refractivity contribution >= 4 is 0 Å². The molecule has 2 heterocycles. The molecule has 3 atom stereocenters. The van der Waals surface area contributed by atoms with Gasteiger partial charge in [-0.1, -0.05) is 12.8 Å². The molecule has 114 valence electrons. The number of aryl methyl sites for hydroxylation is 1. The second kappa shape index (κ2) is 5.36. The highest BCUT2D eigenvalue weighted by Crippen LogP contribution is 2.60. The molecular formula is C18H26N2O. The normalized spacial score (nSPS) is 33.1. The molecule has 2 aliphatic carbocycles. The highest BCUT2D eigenvalue weighted by molar-refractivity contribution is 5.22. The molecular weight excluding hydrogens is 260 g/mol. The summed E-state index contributed by atoms with van der Waals surface area (Å²) in [5, 5.41) is 3.90. The topological polar surface area (TPSA) is 34.2 Å². The van der Waals surface area contributed by atoms with E-state index in [9.17, 15) is 0 Å². The van der Waals surface area contributed by atoms with Crippen LogP contribution in [0.15, 0.2) is 18.5 Å². The second-order valence-electron chi connectivity index (χ2n) is 7.17. The molecule has 3 fully saturated rings. The zero-order chi connectivity index (χ0) is 14.3. The summed E-state index contributed by atoms with van der Waals surface area (Å²) in [5.41, 5.74) is 3.22. The van der Waals surface area contributed by atoms with E-state index in [2.05, 4.69) is 23.3 Å². The standard InChI is InChI=1S/C18H26N2O/c1-13-12-19-9-4-14(13)5-10-20-16-15-6-11-21-17(15)18(16)7-2-3-8-18/h4,9,12,15-17,20H,2-3,5-8,10-11H2,1H3/t15-,16+,17-/m0/s1. The van der Waals surface area contributed by atoms with Crippen molar-refractivity contribution in [3.8, 4) is 0 Å².